The van der Waals surface area contributed by atoms with Gasteiger partial charge in [0.2, 0.25) is 0 Å². The van der Waals surface area contributed by atoms with Gasteiger partial charge in [0.1, 0.15) is 0 Å². The summed E-state index contributed by atoms with van der Waals surface area (Å²) in [5.41, 5.74) is 0. The largest absolute Gasteiger partial charge is 0.305 e. The van der Waals surface area contributed by atoms with Crippen molar-refractivity contribution in [2.24, 2.45) is 0 Å². The van der Waals surface area contributed by atoms with Crippen LogP contribution in [0.1, 0.15) is 39.0 Å². The van der Waals surface area contributed by atoms with E-state index in [-0.39, 0.29) is 0 Å². The highest BCUT2D eigenvalue weighted by Crippen LogP contribution is 2.13. The molecule has 3 heteroatoms. The monoisotopic (exact) mass is 244 g/mol. The van der Waals surface area contributed by atoms with Crippen LogP contribution in [0.2, 0.25) is 0 Å². The molecule has 1 unspecified atom stereocenters. The van der Waals surface area contributed by atoms with Crippen molar-refractivity contribution in [2.75, 3.05) is 39.0 Å². The minimum Gasteiger partial charge on any atom is -0.305 e. The summed E-state index contributed by atoms with van der Waals surface area (Å²) in [5.74, 6) is 1.04. The number of nitrogens with zero attached hydrogens (tertiary/aromatic N) is 2. The zero-order valence-electron chi connectivity index (χ0n) is 11.0. The maximum absolute atomic E-state index is 4.27. The Morgan fingerprint density at radius 2 is 2.00 bits per heavy atom. The van der Waals surface area contributed by atoms with Gasteiger partial charge in [-0.25, -0.2) is 0 Å². The average molecular weight is 244 g/mol. The van der Waals surface area contributed by atoms with Gasteiger partial charge in [0.15, 0.2) is 0 Å². The molecule has 1 heterocycles. The van der Waals surface area contributed by atoms with Crippen LogP contribution in [-0.4, -0.2) is 54.8 Å². The standard InChI is InChI=1S/C13H28N2S/c1-3-13-12-14(2)8-7-10-15(13)9-5-4-6-11-16/h13,16H,3-12H2,1-2H3. The lowest BCUT2D eigenvalue weighted by Crippen LogP contribution is -2.40. The Morgan fingerprint density at radius 3 is 2.69 bits per heavy atom. The average Bonchev–Trinajstić information content (AvgIpc) is 2.46. The second kappa shape index (κ2) is 8.37. The molecule has 0 saturated carbocycles. The molecule has 0 aromatic rings. The first kappa shape index (κ1) is 14.3. The summed E-state index contributed by atoms with van der Waals surface area (Å²) in [6.45, 7) is 7.43. The topological polar surface area (TPSA) is 6.48 Å². The van der Waals surface area contributed by atoms with Gasteiger partial charge in [0, 0.05) is 12.6 Å². The lowest BCUT2D eigenvalue weighted by Gasteiger charge is -2.30. The molecule has 1 aliphatic rings. The SMILES string of the molecule is CCC1CN(C)CCCN1CCCCCS. The second-order valence-corrected chi connectivity index (χ2v) is 5.45. The van der Waals surface area contributed by atoms with Gasteiger partial charge in [-0.1, -0.05) is 13.3 Å². The van der Waals surface area contributed by atoms with Crippen molar-refractivity contribution in [3.63, 3.8) is 0 Å². The molecule has 2 nitrogen and oxygen atoms in total. The molecule has 0 aromatic heterocycles. The van der Waals surface area contributed by atoms with Crippen LogP contribution >= 0.6 is 12.6 Å². The molecule has 0 spiro atoms. The predicted octanol–water partition coefficient (Wildman–Crippen LogP) is 2.50. The molecule has 16 heavy (non-hydrogen) atoms. The van der Waals surface area contributed by atoms with Crippen LogP contribution in [0.25, 0.3) is 0 Å². The molecule has 1 atom stereocenters. The summed E-state index contributed by atoms with van der Waals surface area (Å²) < 4.78 is 0. The summed E-state index contributed by atoms with van der Waals surface area (Å²) in [6, 6.07) is 0.781. The van der Waals surface area contributed by atoms with Crippen molar-refractivity contribution in [3.05, 3.63) is 0 Å². The third-order valence-electron chi connectivity index (χ3n) is 3.60. The third kappa shape index (κ3) is 5.07. The molecule has 1 rings (SSSR count). The second-order valence-electron chi connectivity index (χ2n) is 5.00. The smallest absolute Gasteiger partial charge is 0.0220 e. The highest BCUT2D eigenvalue weighted by Gasteiger charge is 2.20. The number of hydrogen-bond donors (Lipinski definition) is 1. The molecule has 1 fully saturated rings. The normalized spacial score (nSPS) is 24.6. The number of rotatable bonds is 6. The number of likely N-dealkylation sites (N-methyl/N-ethyl adjacent to an activating group) is 1. The lowest BCUT2D eigenvalue weighted by molar-refractivity contribution is 0.180. The van der Waals surface area contributed by atoms with Gasteiger partial charge in [0.25, 0.3) is 0 Å². The van der Waals surface area contributed by atoms with E-state index in [1.54, 1.807) is 0 Å². The van der Waals surface area contributed by atoms with Crippen LogP contribution in [0.5, 0.6) is 0 Å². The van der Waals surface area contributed by atoms with E-state index in [0.29, 0.717) is 0 Å². The number of thiol groups is 1. The van der Waals surface area contributed by atoms with Crippen LogP contribution in [-0.2, 0) is 0 Å². The first-order chi connectivity index (χ1) is 7.77. The van der Waals surface area contributed by atoms with Crippen molar-refractivity contribution in [2.45, 2.75) is 45.1 Å². The Labute approximate surface area is 107 Å². The molecule has 0 radical (unpaired) electrons. The van der Waals surface area contributed by atoms with E-state index in [1.807, 2.05) is 0 Å². The van der Waals surface area contributed by atoms with E-state index < -0.39 is 0 Å². The first-order valence-electron chi connectivity index (χ1n) is 6.81. The van der Waals surface area contributed by atoms with Gasteiger partial charge < -0.3 is 4.90 Å². The molecule has 1 saturated heterocycles. The highest BCUT2D eigenvalue weighted by atomic mass is 32.1. The third-order valence-corrected chi connectivity index (χ3v) is 3.91. The van der Waals surface area contributed by atoms with Gasteiger partial charge in [-0.05, 0) is 58.1 Å². The fourth-order valence-corrected chi connectivity index (χ4v) is 2.80. The Morgan fingerprint density at radius 1 is 1.19 bits per heavy atom. The maximum atomic E-state index is 4.27. The molecule has 0 aliphatic carbocycles. The molecule has 0 bridgehead atoms. The predicted molar refractivity (Wildman–Crippen MR) is 75.5 cm³/mol. The van der Waals surface area contributed by atoms with Crippen molar-refractivity contribution < 1.29 is 0 Å². The zero-order chi connectivity index (χ0) is 11.8. The fraction of sp³-hybridized carbons (Fsp3) is 1.00. The summed E-state index contributed by atoms with van der Waals surface area (Å²) in [4.78, 5) is 5.20. The minimum atomic E-state index is 0.781. The molecule has 1 aliphatic heterocycles. The van der Waals surface area contributed by atoms with Crippen molar-refractivity contribution >= 4 is 12.6 Å². The van der Waals surface area contributed by atoms with Crippen LogP contribution in [0.3, 0.4) is 0 Å². The van der Waals surface area contributed by atoms with Crippen LogP contribution in [0.15, 0.2) is 0 Å². The Balaban J connectivity index is 2.30. The van der Waals surface area contributed by atoms with Gasteiger partial charge >= 0.3 is 0 Å². The summed E-state index contributed by atoms with van der Waals surface area (Å²) in [5, 5.41) is 0. The van der Waals surface area contributed by atoms with Gasteiger partial charge in [-0.15, -0.1) is 0 Å². The van der Waals surface area contributed by atoms with E-state index in [9.17, 15) is 0 Å². The molecule has 96 valence electrons. The summed E-state index contributed by atoms with van der Waals surface area (Å²) >= 11 is 4.27. The zero-order valence-corrected chi connectivity index (χ0v) is 11.9. The van der Waals surface area contributed by atoms with Gasteiger partial charge in [-0.2, -0.15) is 12.6 Å². The maximum Gasteiger partial charge on any atom is 0.0220 e. The molecule has 0 amide bonds. The van der Waals surface area contributed by atoms with E-state index >= 15 is 0 Å². The fourth-order valence-electron chi connectivity index (χ4n) is 2.58. The molecular weight excluding hydrogens is 216 g/mol. The quantitative estimate of drug-likeness (QED) is 0.566. The Bertz CT molecular complexity index is 175. The molecular formula is C13H28N2S. The number of hydrogen-bond acceptors (Lipinski definition) is 3. The highest BCUT2D eigenvalue weighted by molar-refractivity contribution is 7.80. The summed E-state index contributed by atoms with van der Waals surface area (Å²) in [6.07, 6.45) is 6.58. The van der Waals surface area contributed by atoms with Crippen LogP contribution < -0.4 is 0 Å². The van der Waals surface area contributed by atoms with Crippen LogP contribution in [0, 0.1) is 0 Å². The Kier molecular flexibility index (Phi) is 7.50. The number of unbranched alkanes of at least 4 members (excludes halogenated alkanes) is 2. The van der Waals surface area contributed by atoms with Crippen molar-refractivity contribution in [1.82, 2.24) is 9.80 Å². The first-order valence-corrected chi connectivity index (χ1v) is 7.44. The van der Waals surface area contributed by atoms with Gasteiger partial charge in [-0.3, -0.25) is 4.90 Å². The van der Waals surface area contributed by atoms with E-state index in [1.165, 1.54) is 58.3 Å². The Hall–Kier alpha value is 0.270. The van der Waals surface area contributed by atoms with E-state index in [4.69, 9.17) is 0 Å². The van der Waals surface area contributed by atoms with Crippen LogP contribution in [0.4, 0.5) is 0 Å². The van der Waals surface area contributed by atoms with E-state index in [2.05, 4.69) is 36.4 Å². The molecule has 0 N–H and O–H groups in total. The van der Waals surface area contributed by atoms with Crippen molar-refractivity contribution in [3.8, 4) is 0 Å². The lowest BCUT2D eigenvalue weighted by atomic mass is 10.1. The van der Waals surface area contributed by atoms with E-state index in [0.717, 1.165) is 11.8 Å². The summed E-state index contributed by atoms with van der Waals surface area (Å²) in [7, 11) is 2.26. The molecule has 0 aromatic carbocycles. The van der Waals surface area contributed by atoms with Gasteiger partial charge in [0.05, 0.1) is 0 Å². The van der Waals surface area contributed by atoms with Crippen molar-refractivity contribution in [1.29, 1.82) is 0 Å². The minimum absolute atomic E-state index is 0.781.